The molecule has 1 aliphatic rings. The van der Waals surface area contributed by atoms with E-state index in [2.05, 4.69) is 27.2 Å². The largest absolute Gasteiger partial charge is 0.365 e. The van der Waals surface area contributed by atoms with Crippen molar-refractivity contribution < 1.29 is 4.39 Å². The summed E-state index contributed by atoms with van der Waals surface area (Å²) in [6.07, 6.45) is 5.93. The number of hydrogen-bond acceptors (Lipinski definition) is 4. The molecule has 1 fully saturated rings. The van der Waals surface area contributed by atoms with Crippen LogP contribution in [0.15, 0.2) is 36.7 Å². The topological polar surface area (TPSA) is 41.1 Å². The van der Waals surface area contributed by atoms with Gasteiger partial charge in [0.25, 0.3) is 0 Å². The van der Waals surface area contributed by atoms with E-state index in [1.54, 1.807) is 12.3 Å². The molecule has 1 aliphatic heterocycles. The predicted molar refractivity (Wildman–Crippen MR) is 85.2 cm³/mol. The van der Waals surface area contributed by atoms with Crippen molar-refractivity contribution >= 4 is 5.82 Å². The molecule has 1 atom stereocenters. The van der Waals surface area contributed by atoms with Gasteiger partial charge in [-0.3, -0.25) is 4.98 Å². The maximum absolute atomic E-state index is 13.2. The number of likely N-dealkylation sites (N-methyl/N-ethyl adjacent to an activating group) is 1. The number of nitrogens with zero attached hydrogens (tertiary/aromatic N) is 3. The predicted octanol–water partition coefficient (Wildman–Crippen LogP) is 3.04. The second-order valence-electron chi connectivity index (χ2n) is 5.91. The van der Waals surface area contributed by atoms with Gasteiger partial charge in [-0.2, -0.15) is 0 Å². The normalized spacial score (nSPS) is 19.1. The molecule has 22 heavy (non-hydrogen) atoms. The minimum atomic E-state index is -0.218. The molecule has 0 bridgehead atoms. The van der Waals surface area contributed by atoms with Crippen molar-refractivity contribution in [1.29, 1.82) is 0 Å². The Hall–Kier alpha value is -2.01. The first kappa shape index (κ1) is 14.9. The molecule has 1 aromatic heterocycles. The molecule has 0 saturated carbocycles. The Bertz CT molecular complexity index is 632. The van der Waals surface area contributed by atoms with Crippen LogP contribution in [0.2, 0.25) is 0 Å². The molecule has 3 rings (SSSR count). The zero-order chi connectivity index (χ0) is 15.4. The molecule has 2 aromatic rings. The smallest absolute Gasteiger partial charge is 0.145 e. The number of hydrogen-bond donors (Lipinski definition) is 1. The van der Waals surface area contributed by atoms with Crippen LogP contribution in [-0.2, 0) is 6.54 Å². The van der Waals surface area contributed by atoms with Crippen molar-refractivity contribution in [3.05, 3.63) is 53.7 Å². The molecule has 1 saturated heterocycles. The van der Waals surface area contributed by atoms with Gasteiger partial charge in [0.2, 0.25) is 0 Å². The van der Waals surface area contributed by atoms with Crippen LogP contribution < -0.4 is 5.32 Å². The van der Waals surface area contributed by atoms with Gasteiger partial charge in [0, 0.05) is 25.2 Å². The second-order valence-corrected chi connectivity index (χ2v) is 5.91. The maximum Gasteiger partial charge on any atom is 0.145 e. The van der Waals surface area contributed by atoms with Gasteiger partial charge in [0.05, 0.1) is 11.9 Å². The third kappa shape index (κ3) is 3.80. The molecule has 0 spiro atoms. The SMILES string of the molecule is CN1CCCC(c2cncc(NCc3cccc(F)c3)n2)C1. The molecule has 0 amide bonds. The first-order valence-corrected chi connectivity index (χ1v) is 7.69. The Kier molecular flexibility index (Phi) is 4.63. The third-order valence-electron chi connectivity index (χ3n) is 4.06. The molecule has 1 N–H and O–H groups in total. The number of likely N-dealkylation sites (tertiary alicyclic amines) is 1. The standard InChI is InChI=1S/C17H21FN4/c1-22-7-3-5-14(12-22)16-10-19-11-17(21-16)20-9-13-4-2-6-15(18)8-13/h2,4,6,8,10-11,14H,3,5,7,9,12H2,1H3,(H,20,21). The van der Waals surface area contributed by atoms with E-state index in [4.69, 9.17) is 0 Å². The highest BCUT2D eigenvalue weighted by molar-refractivity contribution is 5.34. The highest BCUT2D eigenvalue weighted by atomic mass is 19.1. The fourth-order valence-corrected chi connectivity index (χ4v) is 2.91. The van der Waals surface area contributed by atoms with Gasteiger partial charge in [-0.1, -0.05) is 12.1 Å². The van der Waals surface area contributed by atoms with Crippen LogP contribution >= 0.6 is 0 Å². The molecule has 1 aromatic carbocycles. The van der Waals surface area contributed by atoms with E-state index in [0.717, 1.165) is 36.6 Å². The molecule has 0 radical (unpaired) electrons. The fraction of sp³-hybridized carbons (Fsp3) is 0.412. The summed E-state index contributed by atoms with van der Waals surface area (Å²) in [5, 5.41) is 3.22. The van der Waals surface area contributed by atoms with Crippen LogP contribution in [0, 0.1) is 5.82 Å². The number of aromatic nitrogens is 2. The number of piperidine rings is 1. The summed E-state index contributed by atoms with van der Waals surface area (Å²) in [6, 6.07) is 6.58. The lowest BCUT2D eigenvalue weighted by molar-refractivity contribution is 0.248. The molecule has 116 valence electrons. The minimum Gasteiger partial charge on any atom is -0.365 e. The Balaban J connectivity index is 1.66. The summed E-state index contributed by atoms with van der Waals surface area (Å²) in [5.41, 5.74) is 1.93. The molecule has 0 aliphatic carbocycles. The van der Waals surface area contributed by atoms with Crippen molar-refractivity contribution in [3.8, 4) is 0 Å². The summed E-state index contributed by atoms with van der Waals surface area (Å²) in [4.78, 5) is 11.3. The minimum absolute atomic E-state index is 0.218. The summed E-state index contributed by atoms with van der Waals surface area (Å²) in [5.74, 6) is 0.974. The van der Waals surface area contributed by atoms with Crippen LogP contribution in [0.25, 0.3) is 0 Å². The molecule has 5 heteroatoms. The number of benzene rings is 1. The Labute approximate surface area is 130 Å². The van der Waals surface area contributed by atoms with Gasteiger partial charge in [0.1, 0.15) is 11.6 Å². The lowest BCUT2D eigenvalue weighted by Gasteiger charge is -2.29. The van der Waals surface area contributed by atoms with E-state index in [0.29, 0.717) is 12.5 Å². The van der Waals surface area contributed by atoms with E-state index in [9.17, 15) is 4.39 Å². The summed E-state index contributed by atoms with van der Waals surface area (Å²) >= 11 is 0. The lowest BCUT2D eigenvalue weighted by atomic mass is 9.95. The molecule has 1 unspecified atom stereocenters. The number of halogens is 1. The van der Waals surface area contributed by atoms with E-state index in [1.807, 2.05) is 12.3 Å². The van der Waals surface area contributed by atoms with Gasteiger partial charge in [-0.25, -0.2) is 9.37 Å². The monoisotopic (exact) mass is 300 g/mol. The number of anilines is 1. The van der Waals surface area contributed by atoms with Crippen molar-refractivity contribution in [1.82, 2.24) is 14.9 Å². The molecule has 4 nitrogen and oxygen atoms in total. The van der Waals surface area contributed by atoms with Crippen LogP contribution in [0.3, 0.4) is 0 Å². The first-order valence-electron chi connectivity index (χ1n) is 7.69. The summed E-state index contributed by atoms with van der Waals surface area (Å²) in [6.45, 7) is 2.73. The Morgan fingerprint density at radius 1 is 1.36 bits per heavy atom. The van der Waals surface area contributed by atoms with Gasteiger partial charge in [-0.05, 0) is 44.1 Å². The second kappa shape index (κ2) is 6.83. The van der Waals surface area contributed by atoms with Crippen LogP contribution in [-0.4, -0.2) is 35.0 Å². The average molecular weight is 300 g/mol. The van der Waals surface area contributed by atoms with E-state index < -0.39 is 0 Å². The van der Waals surface area contributed by atoms with Gasteiger partial charge < -0.3 is 10.2 Å². The molecule has 2 heterocycles. The Morgan fingerprint density at radius 2 is 2.27 bits per heavy atom. The summed E-state index contributed by atoms with van der Waals surface area (Å²) in [7, 11) is 2.14. The van der Waals surface area contributed by atoms with Crippen LogP contribution in [0.4, 0.5) is 10.2 Å². The first-order chi connectivity index (χ1) is 10.7. The third-order valence-corrected chi connectivity index (χ3v) is 4.06. The van der Waals surface area contributed by atoms with Crippen molar-refractivity contribution in [2.24, 2.45) is 0 Å². The summed E-state index contributed by atoms with van der Waals surface area (Å²) < 4.78 is 13.2. The van der Waals surface area contributed by atoms with E-state index >= 15 is 0 Å². The van der Waals surface area contributed by atoms with Crippen molar-refractivity contribution in [2.45, 2.75) is 25.3 Å². The zero-order valence-electron chi connectivity index (χ0n) is 12.8. The van der Waals surface area contributed by atoms with Gasteiger partial charge in [-0.15, -0.1) is 0 Å². The van der Waals surface area contributed by atoms with Gasteiger partial charge in [0.15, 0.2) is 0 Å². The van der Waals surface area contributed by atoms with E-state index in [1.165, 1.54) is 18.6 Å². The van der Waals surface area contributed by atoms with E-state index in [-0.39, 0.29) is 5.82 Å². The zero-order valence-corrected chi connectivity index (χ0v) is 12.8. The number of rotatable bonds is 4. The maximum atomic E-state index is 13.2. The lowest BCUT2D eigenvalue weighted by Crippen LogP contribution is -2.31. The van der Waals surface area contributed by atoms with Crippen molar-refractivity contribution in [2.75, 3.05) is 25.5 Å². The average Bonchev–Trinajstić information content (AvgIpc) is 2.53. The fourth-order valence-electron chi connectivity index (χ4n) is 2.91. The number of nitrogens with one attached hydrogen (secondary N) is 1. The van der Waals surface area contributed by atoms with Crippen molar-refractivity contribution in [3.63, 3.8) is 0 Å². The molecular weight excluding hydrogens is 279 g/mol. The van der Waals surface area contributed by atoms with Crippen LogP contribution in [0.5, 0.6) is 0 Å². The molecular formula is C17H21FN4. The quantitative estimate of drug-likeness (QED) is 0.942. The highest BCUT2D eigenvalue weighted by Gasteiger charge is 2.20. The van der Waals surface area contributed by atoms with Crippen LogP contribution in [0.1, 0.15) is 30.0 Å². The van der Waals surface area contributed by atoms with Gasteiger partial charge >= 0.3 is 0 Å². The highest BCUT2D eigenvalue weighted by Crippen LogP contribution is 2.25. The Morgan fingerprint density at radius 3 is 3.09 bits per heavy atom.